The Kier molecular flexibility index (Phi) is 3.66. The van der Waals surface area contributed by atoms with Gasteiger partial charge in [-0.25, -0.2) is 0 Å². The normalized spacial score (nSPS) is 17.5. The molecule has 0 bridgehead atoms. The Morgan fingerprint density at radius 3 is 3.00 bits per heavy atom. The van der Waals surface area contributed by atoms with Crippen LogP contribution >= 0.6 is 33.9 Å². The molecule has 4 heteroatoms. The predicted octanol–water partition coefficient (Wildman–Crippen LogP) is 3.27. The number of nitrogens with one attached hydrogen (secondary N) is 1. The van der Waals surface area contributed by atoms with E-state index in [0.29, 0.717) is 6.04 Å². The van der Waals surface area contributed by atoms with E-state index >= 15 is 0 Å². The Morgan fingerprint density at radius 1 is 1.73 bits per heavy atom. The zero-order chi connectivity index (χ0) is 10.8. The van der Waals surface area contributed by atoms with E-state index in [2.05, 4.69) is 34.8 Å². The second-order valence-corrected chi connectivity index (χ2v) is 7.00. The van der Waals surface area contributed by atoms with Crippen molar-refractivity contribution in [3.8, 4) is 0 Å². The Labute approximate surface area is 108 Å². The monoisotopic (exact) mass is 335 g/mol. The van der Waals surface area contributed by atoms with Crippen molar-refractivity contribution in [3.63, 3.8) is 0 Å². The fourth-order valence-corrected chi connectivity index (χ4v) is 2.98. The smallest absolute Gasteiger partial charge is 0.252 e. The molecular weight excluding hydrogens is 321 g/mol. The first kappa shape index (κ1) is 11.4. The number of rotatable bonds is 4. The Balaban J connectivity index is 1.85. The van der Waals surface area contributed by atoms with Crippen LogP contribution in [0.3, 0.4) is 0 Å². The number of carbonyl (C=O) groups is 1. The summed E-state index contributed by atoms with van der Waals surface area (Å²) in [6.45, 7) is 2.09. The highest BCUT2D eigenvalue weighted by Crippen LogP contribution is 2.33. The van der Waals surface area contributed by atoms with Crippen molar-refractivity contribution < 1.29 is 4.79 Å². The first-order valence-corrected chi connectivity index (χ1v) is 7.16. The fourth-order valence-electron chi connectivity index (χ4n) is 1.65. The molecule has 1 aromatic rings. The second-order valence-electron chi connectivity index (χ2n) is 4.19. The van der Waals surface area contributed by atoms with Crippen molar-refractivity contribution in [2.75, 3.05) is 0 Å². The zero-order valence-corrected chi connectivity index (χ0v) is 11.6. The van der Waals surface area contributed by atoms with Crippen molar-refractivity contribution in [3.05, 3.63) is 19.9 Å². The van der Waals surface area contributed by atoms with Crippen LogP contribution in [0.15, 0.2) is 11.4 Å². The van der Waals surface area contributed by atoms with Gasteiger partial charge in [0.15, 0.2) is 0 Å². The van der Waals surface area contributed by atoms with E-state index in [1.165, 1.54) is 12.8 Å². The zero-order valence-electron chi connectivity index (χ0n) is 8.63. The molecule has 1 aromatic heterocycles. The molecule has 0 spiro atoms. The van der Waals surface area contributed by atoms with Crippen LogP contribution in [0.2, 0.25) is 0 Å². The molecule has 1 heterocycles. The van der Waals surface area contributed by atoms with Gasteiger partial charge in [0.2, 0.25) is 0 Å². The third kappa shape index (κ3) is 3.45. The summed E-state index contributed by atoms with van der Waals surface area (Å²) in [5, 5.41) is 4.96. The van der Waals surface area contributed by atoms with E-state index in [-0.39, 0.29) is 5.91 Å². The van der Waals surface area contributed by atoms with Crippen molar-refractivity contribution in [1.29, 1.82) is 0 Å². The second kappa shape index (κ2) is 4.82. The molecule has 2 rings (SSSR count). The summed E-state index contributed by atoms with van der Waals surface area (Å²) in [6, 6.07) is 2.24. The summed E-state index contributed by atoms with van der Waals surface area (Å²) in [6.07, 6.45) is 3.82. The van der Waals surface area contributed by atoms with Crippen molar-refractivity contribution in [1.82, 2.24) is 5.32 Å². The van der Waals surface area contributed by atoms with Crippen molar-refractivity contribution in [2.45, 2.75) is 32.2 Å². The van der Waals surface area contributed by atoms with E-state index in [9.17, 15) is 4.79 Å². The number of hydrogen-bond donors (Lipinski definition) is 1. The van der Waals surface area contributed by atoms with Crippen LogP contribution in [0, 0.1) is 8.80 Å². The average molecular weight is 335 g/mol. The lowest BCUT2D eigenvalue weighted by Crippen LogP contribution is -2.32. The molecule has 1 saturated carbocycles. The quantitative estimate of drug-likeness (QED) is 0.841. The number of amides is 1. The molecule has 82 valence electrons. The molecule has 1 N–H and O–H groups in total. The van der Waals surface area contributed by atoms with Gasteiger partial charge < -0.3 is 5.32 Å². The fraction of sp³-hybridized carbons (Fsp3) is 0.545. The van der Waals surface area contributed by atoms with Crippen molar-refractivity contribution >= 4 is 39.8 Å². The van der Waals surface area contributed by atoms with Crippen LogP contribution < -0.4 is 5.32 Å². The van der Waals surface area contributed by atoms with Crippen molar-refractivity contribution in [2.24, 2.45) is 5.92 Å². The minimum atomic E-state index is 0.0716. The SMILES string of the molecule is CC(CC1CC1)NC(=O)c1csc(I)c1. The molecule has 1 aliphatic carbocycles. The summed E-state index contributed by atoms with van der Waals surface area (Å²) >= 11 is 3.85. The molecule has 15 heavy (non-hydrogen) atoms. The molecule has 1 aliphatic rings. The van der Waals surface area contributed by atoms with Crippen LogP contribution in [-0.2, 0) is 0 Å². The summed E-state index contributed by atoms with van der Waals surface area (Å²) in [5.74, 6) is 0.935. The molecule has 0 aromatic carbocycles. The maximum atomic E-state index is 11.8. The minimum absolute atomic E-state index is 0.0716. The highest BCUT2D eigenvalue weighted by molar-refractivity contribution is 14.1. The lowest BCUT2D eigenvalue weighted by Gasteiger charge is -2.12. The van der Waals surface area contributed by atoms with E-state index in [1.807, 2.05) is 11.4 Å². The summed E-state index contributed by atoms with van der Waals surface area (Å²) in [4.78, 5) is 11.8. The summed E-state index contributed by atoms with van der Waals surface area (Å²) in [5.41, 5.74) is 0.798. The minimum Gasteiger partial charge on any atom is -0.350 e. The lowest BCUT2D eigenvalue weighted by atomic mass is 10.1. The van der Waals surface area contributed by atoms with E-state index in [4.69, 9.17) is 0 Å². The first-order valence-electron chi connectivity index (χ1n) is 5.20. The van der Waals surface area contributed by atoms with Crippen LogP contribution in [0.4, 0.5) is 0 Å². The first-order chi connectivity index (χ1) is 7.15. The van der Waals surface area contributed by atoms with Crippen LogP contribution in [0.5, 0.6) is 0 Å². The predicted molar refractivity (Wildman–Crippen MR) is 71.3 cm³/mol. The van der Waals surface area contributed by atoms with Gasteiger partial charge in [0.05, 0.1) is 8.45 Å². The van der Waals surface area contributed by atoms with Gasteiger partial charge in [-0.05, 0) is 47.9 Å². The van der Waals surface area contributed by atoms with Gasteiger partial charge in [0.1, 0.15) is 0 Å². The summed E-state index contributed by atoms with van der Waals surface area (Å²) in [7, 11) is 0. The third-order valence-electron chi connectivity index (χ3n) is 2.59. The molecule has 2 nitrogen and oxygen atoms in total. The van der Waals surface area contributed by atoms with Gasteiger partial charge in [-0.1, -0.05) is 12.8 Å². The highest BCUT2D eigenvalue weighted by Gasteiger charge is 2.24. The Morgan fingerprint density at radius 2 is 2.47 bits per heavy atom. The Bertz CT molecular complexity index is 359. The largest absolute Gasteiger partial charge is 0.350 e. The van der Waals surface area contributed by atoms with Gasteiger partial charge >= 0.3 is 0 Å². The van der Waals surface area contributed by atoms with Crippen LogP contribution in [0.25, 0.3) is 0 Å². The standard InChI is InChI=1S/C11H14INOS/c1-7(4-8-2-3-8)13-11(14)9-5-10(12)15-6-9/h5-8H,2-4H2,1H3,(H,13,14). The Hall–Kier alpha value is -0.100. The number of halogens is 1. The molecule has 0 radical (unpaired) electrons. The van der Waals surface area contributed by atoms with Gasteiger partial charge in [-0.15, -0.1) is 11.3 Å². The van der Waals surface area contributed by atoms with Gasteiger partial charge in [0, 0.05) is 11.4 Å². The molecule has 1 amide bonds. The topological polar surface area (TPSA) is 29.1 Å². The molecule has 1 unspecified atom stereocenters. The van der Waals surface area contributed by atoms with E-state index in [0.717, 1.165) is 20.8 Å². The highest BCUT2D eigenvalue weighted by atomic mass is 127. The molecule has 0 aliphatic heterocycles. The maximum Gasteiger partial charge on any atom is 0.252 e. The number of hydrogen-bond acceptors (Lipinski definition) is 2. The third-order valence-corrected chi connectivity index (χ3v) is 4.38. The molecule has 1 fully saturated rings. The molecular formula is C11H14INOS. The lowest BCUT2D eigenvalue weighted by molar-refractivity contribution is 0.0938. The average Bonchev–Trinajstić information content (AvgIpc) is 2.85. The van der Waals surface area contributed by atoms with Gasteiger partial charge in [-0.3, -0.25) is 4.79 Å². The maximum absolute atomic E-state index is 11.8. The van der Waals surface area contributed by atoms with Gasteiger partial charge in [-0.2, -0.15) is 0 Å². The molecule has 1 atom stereocenters. The van der Waals surface area contributed by atoms with Gasteiger partial charge in [0.25, 0.3) is 5.91 Å². The van der Waals surface area contributed by atoms with Crippen LogP contribution in [-0.4, -0.2) is 11.9 Å². The van der Waals surface area contributed by atoms with Crippen LogP contribution in [0.1, 0.15) is 36.5 Å². The summed E-state index contributed by atoms with van der Waals surface area (Å²) < 4.78 is 1.16. The number of carbonyl (C=O) groups excluding carboxylic acids is 1. The van der Waals surface area contributed by atoms with E-state index < -0.39 is 0 Å². The molecule has 0 saturated heterocycles. The number of thiophene rings is 1. The van der Waals surface area contributed by atoms with E-state index in [1.54, 1.807) is 11.3 Å².